The summed E-state index contributed by atoms with van der Waals surface area (Å²) >= 11 is 0. The third-order valence-electron chi connectivity index (χ3n) is 5.91. The predicted octanol–water partition coefficient (Wildman–Crippen LogP) is 3.80. The van der Waals surface area contributed by atoms with Gasteiger partial charge in [-0.05, 0) is 36.0 Å². The van der Waals surface area contributed by atoms with E-state index in [-0.39, 0.29) is 18.4 Å². The average molecular weight is 418 g/mol. The number of anilines is 1. The number of carbonyl (C=O) groups excluding carboxylic acids is 1. The van der Waals surface area contributed by atoms with E-state index in [0.29, 0.717) is 29.9 Å². The van der Waals surface area contributed by atoms with Crippen LogP contribution < -0.4 is 5.32 Å². The molecule has 1 aliphatic carbocycles. The number of carbonyl (C=O) groups is 1. The van der Waals surface area contributed by atoms with Crippen molar-refractivity contribution in [1.82, 2.24) is 9.97 Å². The van der Waals surface area contributed by atoms with Crippen LogP contribution in [0.15, 0.2) is 48.5 Å². The normalized spacial score (nSPS) is 14.3. The maximum absolute atomic E-state index is 12.6. The lowest BCUT2D eigenvalue weighted by atomic mass is 9.90. The number of aryl methyl sites for hydroxylation is 2. The van der Waals surface area contributed by atoms with Crippen molar-refractivity contribution < 1.29 is 15.0 Å². The molecule has 2 atom stereocenters. The van der Waals surface area contributed by atoms with Crippen LogP contribution in [0.5, 0.6) is 0 Å². The van der Waals surface area contributed by atoms with Crippen LogP contribution in [0.25, 0.3) is 11.3 Å². The van der Waals surface area contributed by atoms with Gasteiger partial charge < -0.3 is 15.5 Å². The van der Waals surface area contributed by atoms with Crippen LogP contribution in [0.3, 0.4) is 0 Å². The number of hydrogen-bond acceptors (Lipinski definition) is 5. The molecule has 0 fully saturated rings. The number of rotatable bonds is 6. The van der Waals surface area contributed by atoms with Crippen LogP contribution in [0.4, 0.5) is 5.82 Å². The Labute approximate surface area is 182 Å². The summed E-state index contributed by atoms with van der Waals surface area (Å²) in [6.07, 6.45) is 1.15. The van der Waals surface area contributed by atoms with Crippen LogP contribution in [-0.4, -0.2) is 26.1 Å². The summed E-state index contributed by atoms with van der Waals surface area (Å²) in [5.41, 5.74) is 5.45. The highest BCUT2D eigenvalue weighted by Crippen LogP contribution is 2.36. The number of nitrogens with one attached hydrogen (secondary N) is 1. The van der Waals surface area contributed by atoms with Crippen molar-refractivity contribution in [2.24, 2.45) is 5.92 Å². The molecule has 2 aromatic carbocycles. The van der Waals surface area contributed by atoms with E-state index in [1.807, 2.05) is 62.4 Å². The van der Waals surface area contributed by atoms with Gasteiger partial charge in [-0.1, -0.05) is 62.4 Å². The molecule has 2 unspecified atom stereocenters. The molecule has 1 amide bonds. The minimum atomic E-state index is -1.02. The summed E-state index contributed by atoms with van der Waals surface area (Å²) in [6, 6.07) is 15.1. The third-order valence-corrected chi connectivity index (χ3v) is 5.91. The fourth-order valence-corrected chi connectivity index (χ4v) is 3.81. The first-order valence-corrected chi connectivity index (χ1v) is 10.7. The minimum Gasteiger partial charge on any atom is -0.392 e. The van der Waals surface area contributed by atoms with Gasteiger partial charge in [-0.3, -0.25) is 4.79 Å². The standard InChI is InChI=1S/C25H27N3O3/c1-3-15(2)25(31)28-24-22(23(30)17-7-5-4-6-8-17)27-21-19-11-9-16(14-29)13-18(19)10-12-20(21)26-24/h4-9,11,13,15,23,29-30H,3,10,12,14H2,1-2H3,(H,26,28,31). The smallest absolute Gasteiger partial charge is 0.228 e. The van der Waals surface area contributed by atoms with E-state index in [2.05, 4.69) is 5.32 Å². The molecule has 0 bridgehead atoms. The van der Waals surface area contributed by atoms with Gasteiger partial charge in [0.05, 0.1) is 18.0 Å². The zero-order chi connectivity index (χ0) is 22.0. The van der Waals surface area contributed by atoms with E-state index in [1.54, 1.807) is 0 Å². The maximum atomic E-state index is 12.6. The average Bonchev–Trinajstić information content (AvgIpc) is 2.82. The number of aromatic nitrogens is 2. The predicted molar refractivity (Wildman–Crippen MR) is 119 cm³/mol. The molecule has 0 saturated heterocycles. The molecule has 0 spiro atoms. The van der Waals surface area contributed by atoms with Crippen LogP contribution in [0.2, 0.25) is 0 Å². The zero-order valence-electron chi connectivity index (χ0n) is 17.8. The zero-order valence-corrected chi connectivity index (χ0v) is 17.8. The van der Waals surface area contributed by atoms with Gasteiger partial charge in [-0.2, -0.15) is 0 Å². The summed E-state index contributed by atoms with van der Waals surface area (Å²) in [4.78, 5) is 22.2. The first-order chi connectivity index (χ1) is 15.0. The SMILES string of the molecule is CCC(C)C(=O)Nc1nc2c(nc1C(O)c1ccccc1)-c1ccc(CO)cc1CC2. The van der Waals surface area contributed by atoms with Crippen molar-refractivity contribution in [2.45, 2.75) is 45.8 Å². The molecular formula is C25H27N3O3. The van der Waals surface area contributed by atoms with Gasteiger partial charge in [0.15, 0.2) is 5.82 Å². The van der Waals surface area contributed by atoms with Gasteiger partial charge in [0, 0.05) is 11.5 Å². The number of hydrogen-bond donors (Lipinski definition) is 3. The maximum Gasteiger partial charge on any atom is 0.228 e. The summed E-state index contributed by atoms with van der Waals surface area (Å²) in [6.45, 7) is 3.81. The van der Waals surface area contributed by atoms with Crippen molar-refractivity contribution in [1.29, 1.82) is 0 Å². The number of fused-ring (bicyclic) bond motifs is 3. The molecule has 31 heavy (non-hydrogen) atoms. The van der Waals surface area contributed by atoms with Gasteiger partial charge in [0.25, 0.3) is 0 Å². The number of benzene rings is 2. The Morgan fingerprint density at radius 1 is 1.13 bits per heavy atom. The Balaban J connectivity index is 1.83. The Hall–Kier alpha value is -3.09. The van der Waals surface area contributed by atoms with Gasteiger partial charge in [-0.15, -0.1) is 0 Å². The van der Waals surface area contributed by atoms with Crippen molar-refractivity contribution >= 4 is 11.7 Å². The van der Waals surface area contributed by atoms with E-state index < -0.39 is 6.10 Å². The number of nitrogens with zero attached hydrogens (tertiary/aromatic N) is 2. The Bertz CT molecular complexity index is 1100. The molecule has 6 nitrogen and oxygen atoms in total. The van der Waals surface area contributed by atoms with Gasteiger partial charge in [0.1, 0.15) is 11.8 Å². The molecule has 1 heterocycles. The van der Waals surface area contributed by atoms with Crippen molar-refractivity contribution in [3.63, 3.8) is 0 Å². The molecule has 4 rings (SSSR count). The summed E-state index contributed by atoms with van der Waals surface area (Å²) in [5.74, 6) is 0.00932. The largest absolute Gasteiger partial charge is 0.392 e. The lowest BCUT2D eigenvalue weighted by Crippen LogP contribution is -2.24. The van der Waals surface area contributed by atoms with Gasteiger partial charge in [-0.25, -0.2) is 9.97 Å². The Morgan fingerprint density at radius 3 is 2.61 bits per heavy atom. The minimum absolute atomic E-state index is 0.00955. The highest BCUT2D eigenvalue weighted by atomic mass is 16.3. The summed E-state index contributed by atoms with van der Waals surface area (Å²) < 4.78 is 0. The quantitative estimate of drug-likeness (QED) is 0.567. The summed E-state index contributed by atoms with van der Waals surface area (Å²) in [5, 5.41) is 23.5. The van der Waals surface area contributed by atoms with Crippen molar-refractivity contribution in [2.75, 3.05) is 5.32 Å². The lowest BCUT2D eigenvalue weighted by molar-refractivity contribution is -0.119. The van der Waals surface area contributed by atoms with E-state index in [0.717, 1.165) is 34.5 Å². The first-order valence-electron chi connectivity index (χ1n) is 10.7. The molecule has 1 aliphatic rings. The number of aliphatic hydroxyl groups excluding tert-OH is 2. The summed E-state index contributed by atoms with van der Waals surface area (Å²) in [7, 11) is 0. The van der Waals surface area contributed by atoms with E-state index in [1.165, 1.54) is 0 Å². The second-order valence-corrected chi connectivity index (χ2v) is 8.01. The van der Waals surface area contributed by atoms with Crippen LogP contribution in [0, 0.1) is 5.92 Å². The van der Waals surface area contributed by atoms with Gasteiger partial charge >= 0.3 is 0 Å². The topological polar surface area (TPSA) is 95.3 Å². The second-order valence-electron chi connectivity index (χ2n) is 8.01. The fourth-order valence-electron chi connectivity index (χ4n) is 3.81. The highest BCUT2D eigenvalue weighted by molar-refractivity contribution is 5.92. The molecule has 1 aromatic heterocycles. The lowest BCUT2D eigenvalue weighted by Gasteiger charge is -2.23. The Kier molecular flexibility index (Phi) is 6.11. The molecule has 3 N–H and O–H groups in total. The molecular weight excluding hydrogens is 390 g/mol. The van der Waals surface area contributed by atoms with E-state index in [9.17, 15) is 15.0 Å². The monoisotopic (exact) mass is 417 g/mol. The van der Waals surface area contributed by atoms with Crippen molar-refractivity contribution in [3.05, 3.63) is 76.6 Å². The van der Waals surface area contributed by atoms with Crippen LogP contribution in [0.1, 0.15) is 54.5 Å². The van der Waals surface area contributed by atoms with E-state index >= 15 is 0 Å². The second kappa shape index (κ2) is 8.96. The highest BCUT2D eigenvalue weighted by Gasteiger charge is 2.26. The molecule has 6 heteroatoms. The van der Waals surface area contributed by atoms with Crippen LogP contribution in [-0.2, 0) is 24.2 Å². The Morgan fingerprint density at radius 2 is 1.90 bits per heavy atom. The van der Waals surface area contributed by atoms with Crippen LogP contribution >= 0.6 is 0 Å². The number of amides is 1. The molecule has 0 saturated carbocycles. The third kappa shape index (κ3) is 4.22. The van der Waals surface area contributed by atoms with Gasteiger partial charge in [0.2, 0.25) is 5.91 Å². The van der Waals surface area contributed by atoms with Crippen molar-refractivity contribution in [3.8, 4) is 11.3 Å². The number of aliphatic hydroxyl groups is 2. The molecule has 160 valence electrons. The fraction of sp³-hybridized carbons (Fsp3) is 0.320. The molecule has 0 aliphatic heterocycles. The molecule has 0 radical (unpaired) electrons. The first kappa shape index (κ1) is 21.2. The van der Waals surface area contributed by atoms with E-state index in [4.69, 9.17) is 9.97 Å². The molecule has 3 aromatic rings.